The maximum atomic E-state index is 13.0. The molecule has 1 amide bonds. The van der Waals surface area contributed by atoms with E-state index < -0.39 is 0 Å². The molecule has 0 spiro atoms. The number of carbonyl (C=O) groups excluding carboxylic acids is 1. The molecule has 3 nitrogen and oxygen atoms in total. The molecule has 2 aromatic carbocycles. The summed E-state index contributed by atoms with van der Waals surface area (Å²) < 4.78 is 0. The van der Waals surface area contributed by atoms with E-state index in [-0.39, 0.29) is 35.5 Å². The van der Waals surface area contributed by atoms with Crippen molar-refractivity contribution < 1.29 is 4.79 Å². The molecule has 0 saturated carbocycles. The molecule has 124 valence electrons. The number of rotatable bonds is 1. The van der Waals surface area contributed by atoms with E-state index in [0.717, 1.165) is 47.5 Å². The SMILES string of the molecule is O=C1C(=C2CCNc3cc(Cl)cc(Cl)c32)CCN1c1ccccc1.[NaH]. The topological polar surface area (TPSA) is 32.3 Å². The molecule has 2 aromatic rings. The van der Waals surface area contributed by atoms with Crippen LogP contribution in [0.4, 0.5) is 11.4 Å². The predicted octanol–water partition coefficient (Wildman–Crippen LogP) is 4.35. The van der Waals surface area contributed by atoms with Gasteiger partial charge in [0.05, 0.1) is 5.02 Å². The van der Waals surface area contributed by atoms with E-state index in [2.05, 4.69) is 5.32 Å². The van der Waals surface area contributed by atoms with E-state index in [1.807, 2.05) is 41.3 Å². The van der Waals surface area contributed by atoms with Crippen molar-refractivity contribution in [3.63, 3.8) is 0 Å². The first kappa shape index (κ1) is 18.8. The quantitative estimate of drug-likeness (QED) is 0.587. The van der Waals surface area contributed by atoms with E-state index in [9.17, 15) is 4.79 Å². The van der Waals surface area contributed by atoms with Crippen LogP contribution in [0.15, 0.2) is 48.0 Å². The first-order chi connectivity index (χ1) is 11.6. The number of carbonyl (C=O) groups is 1. The molecule has 4 rings (SSSR count). The molecule has 0 aromatic heterocycles. The molecule has 1 saturated heterocycles. The average Bonchev–Trinajstić information content (AvgIpc) is 2.96. The summed E-state index contributed by atoms with van der Waals surface area (Å²) in [6.07, 6.45) is 1.53. The van der Waals surface area contributed by atoms with Gasteiger partial charge in [0.2, 0.25) is 0 Å². The second-order valence-corrected chi connectivity index (χ2v) is 6.83. The molecule has 25 heavy (non-hydrogen) atoms. The number of anilines is 2. The Balaban J connectivity index is 0.00000182. The molecular weight excluding hydrogens is 366 g/mol. The van der Waals surface area contributed by atoms with Gasteiger partial charge in [-0.1, -0.05) is 41.4 Å². The van der Waals surface area contributed by atoms with Crippen LogP contribution in [0.3, 0.4) is 0 Å². The fourth-order valence-corrected chi connectivity index (χ4v) is 4.11. The van der Waals surface area contributed by atoms with Crippen LogP contribution in [0.25, 0.3) is 5.57 Å². The average molecular weight is 383 g/mol. The van der Waals surface area contributed by atoms with Gasteiger partial charge in [0, 0.05) is 40.6 Å². The fraction of sp³-hybridized carbons (Fsp3) is 0.211. The predicted molar refractivity (Wildman–Crippen MR) is 107 cm³/mol. The third kappa shape index (κ3) is 3.49. The Hall–Kier alpha value is -0.970. The van der Waals surface area contributed by atoms with Crippen molar-refractivity contribution in [2.75, 3.05) is 23.3 Å². The van der Waals surface area contributed by atoms with Crippen LogP contribution in [-0.2, 0) is 4.79 Å². The third-order valence-electron chi connectivity index (χ3n) is 4.57. The van der Waals surface area contributed by atoms with Gasteiger partial charge in [-0.15, -0.1) is 0 Å². The molecule has 1 N–H and O–H groups in total. The zero-order valence-corrected chi connectivity index (χ0v) is 14.5. The molecule has 0 aliphatic carbocycles. The van der Waals surface area contributed by atoms with Crippen LogP contribution in [0.2, 0.25) is 10.0 Å². The summed E-state index contributed by atoms with van der Waals surface area (Å²) in [5.41, 5.74) is 4.69. The number of benzene rings is 2. The number of fused-ring (bicyclic) bond motifs is 1. The number of halogens is 2. The normalized spacial score (nSPS) is 19.3. The van der Waals surface area contributed by atoms with Crippen molar-refractivity contribution >= 4 is 75.6 Å². The van der Waals surface area contributed by atoms with Crippen LogP contribution in [-0.4, -0.2) is 48.6 Å². The van der Waals surface area contributed by atoms with Gasteiger partial charge >= 0.3 is 29.6 Å². The van der Waals surface area contributed by atoms with Gasteiger partial charge in [-0.3, -0.25) is 4.79 Å². The number of nitrogens with zero attached hydrogens (tertiary/aromatic N) is 1. The molecule has 1 fully saturated rings. The van der Waals surface area contributed by atoms with Crippen molar-refractivity contribution in [3.05, 3.63) is 63.6 Å². The van der Waals surface area contributed by atoms with Crippen molar-refractivity contribution in [3.8, 4) is 0 Å². The minimum absolute atomic E-state index is 0. The van der Waals surface area contributed by atoms with Gasteiger partial charge < -0.3 is 10.2 Å². The van der Waals surface area contributed by atoms with Crippen LogP contribution in [0, 0.1) is 0 Å². The molecule has 0 unspecified atom stereocenters. The number of nitrogens with one attached hydrogen (secondary N) is 1. The van der Waals surface area contributed by atoms with E-state index in [1.165, 1.54) is 0 Å². The summed E-state index contributed by atoms with van der Waals surface area (Å²) in [6, 6.07) is 13.4. The molecule has 2 aliphatic heterocycles. The Morgan fingerprint density at radius 3 is 2.52 bits per heavy atom. The fourth-order valence-electron chi connectivity index (χ4n) is 3.50. The monoisotopic (exact) mass is 382 g/mol. The summed E-state index contributed by atoms with van der Waals surface area (Å²) in [4.78, 5) is 14.8. The molecule has 0 atom stereocenters. The van der Waals surface area contributed by atoms with E-state index >= 15 is 0 Å². The summed E-state index contributed by atoms with van der Waals surface area (Å²) in [5, 5.41) is 4.52. The van der Waals surface area contributed by atoms with Crippen molar-refractivity contribution in [2.24, 2.45) is 0 Å². The van der Waals surface area contributed by atoms with Gasteiger partial charge in [-0.2, -0.15) is 0 Å². The minimum atomic E-state index is 0. The maximum absolute atomic E-state index is 13.0. The summed E-state index contributed by atoms with van der Waals surface area (Å²) in [7, 11) is 0. The first-order valence-corrected chi connectivity index (χ1v) is 8.73. The molecule has 2 heterocycles. The van der Waals surface area contributed by atoms with Gasteiger partial charge in [-0.25, -0.2) is 0 Å². The van der Waals surface area contributed by atoms with Gasteiger partial charge in [0.15, 0.2) is 0 Å². The van der Waals surface area contributed by atoms with Crippen LogP contribution in [0.5, 0.6) is 0 Å². The molecule has 6 heteroatoms. The number of para-hydroxylation sites is 1. The second-order valence-electron chi connectivity index (χ2n) is 5.99. The van der Waals surface area contributed by atoms with E-state index in [4.69, 9.17) is 23.2 Å². The van der Waals surface area contributed by atoms with Crippen molar-refractivity contribution in [2.45, 2.75) is 12.8 Å². The number of hydrogen-bond acceptors (Lipinski definition) is 2. The Kier molecular flexibility index (Phi) is 5.81. The van der Waals surface area contributed by atoms with E-state index in [0.29, 0.717) is 16.6 Å². The van der Waals surface area contributed by atoms with Crippen LogP contribution < -0.4 is 10.2 Å². The zero-order chi connectivity index (χ0) is 16.7. The second kappa shape index (κ2) is 7.73. The van der Waals surface area contributed by atoms with Crippen LogP contribution in [0.1, 0.15) is 18.4 Å². The van der Waals surface area contributed by atoms with Gasteiger partial charge in [0.1, 0.15) is 0 Å². The Labute approximate surface area is 179 Å². The van der Waals surface area contributed by atoms with Crippen LogP contribution >= 0.6 is 23.2 Å². The molecular formula is C19H17Cl2N2NaO. The van der Waals surface area contributed by atoms with Crippen molar-refractivity contribution in [1.29, 1.82) is 0 Å². The Bertz CT molecular complexity index is 852. The first-order valence-electron chi connectivity index (χ1n) is 7.97. The standard InChI is InChI=1S/C19H16Cl2N2O.Na.H/c20-12-10-16(21)18-14(6-8-22-17(18)11-12)15-7-9-23(19(15)24)13-4-2-1-3-5-13;;/h1-5,10-11,22H,6-9H2;;. The Morgan fingerprint density at radius 2 is 1.76 bits per heavy atom. The zero-order valence-electron chi connectivity index (χ0n) is 13.0. The molecule has 0 radical (unpaired) electrons. The summed E-state index contributed by atoms with van der Waals surface area (Å²) in [6.45, 7) is 1.48. The Morgan fingerprint density at radius 1 is 1.00 bits per heavy atom. The number of hydrogen-bond donors (Lipinski definition) is 1. The van der Waals surface area contributed by atoms with Gasteiger partial charge in [0.25, 0.3) is 5.91 Å². The third-order valence-corrected chi connectivity index (χ3v) is 5.08. The summed E-state index contributed by atoms with van der Waals surface area (Å²) >= 11 is 12.5. The molecule has 0 bridgehead atoms. The van der Waals surface area contributed by atoms with Crippen molar-refractivity contribution in [1.82, 2.24) is 0 Å². The number of amides is 1. The van der Waals surface area contributed by atoms with E-state index in [1.54, 1.807) is 6.07 Å². The molecule has 2 aliphatic rings. The van der Waals surface area contributed by atoms with Gasteiger partial charge in [-0.05, 0) is 42.7 Å². The summed E-state index contributed by atoms with van der Waals surface area (Å²) in [5.74, 6) is 0.0788.